The third-order valence-electron chi connectivity index (χ3n) is 4.19. The minimum Gasteiger partial charge on any atom is -0.395 e. The highest BCUT2D eigenvalue weighted by atomic mass is 32.1. The average molecular weight is 385 g/mol. The number of aliphatic hydroxyl groups excluding tert-OH is 1. The molecule has 0 spiro atoms. The molecule has 7 heteroatoms. The van der Waals surface area contributed by atoms with Crippen LogP contribution in [0.4, 0.5) is 10.1 Å². The average Bonchev–Trinajstić information content (AvgIpc) is 2.93. The predicted molar refractivity (Wildman–Crippen MR) is 104 cm³/mol. The Labute approximate surface area is 160 Å². The molecule has 0 saturated heterocycles. The molecule has 2 aromatic heterocycles. The van der Waals surface area contributed by atoms with E-state index in [1.165, 1.54) is 18.3 Å². The van der Waals surface area contributed by atoms with Gasteiger partial charge in [0.1, 0.15) is 0 Å². The monoisotopic (exact) mass is 385 g/mol. The Bertz CT molecular complexity index is 1050. The van der Waals surface area contributed by atoms with Crippen LogP contribution in [0.15, 0.2) is 41.4 Å². The maximum Gasteiger partial charge on any atom is 0.220 e. The standard InChI is InChI=1S/C20H20FN3O2S/c1-12-4-9-17(19(21)22-12)15-5-7-16(8-6-15)23-20-24(10-11-25)13(2)18(27-20)14(3)26/h4-9,25H,10-11H2,1-3H3. The zero-order chi connectivity index (χ0) is 19.6. The Morgan fingerprint density at radius 3 is 2.52 bits per heavy atom. The van der Waals surface area contributed by atoms with Crippen LogP contribution in [0.5, 0.6) is 0 Å². The Morgan fingerprint density at radius 2 is 1.93 bits per heavy atom. The number of hydrogen-bond acceptors (Lipinski definition) is 5. The first kappa shape index (κ1) is 19.1. The molecule has 0 atom stereocenters. The number of halogens is 1. The number of carbonyl (C=O) groups excluding carboxylic acids is 1. The molecule has 0 amide bonds. The number of thiazole rings is 1. The lowest BCUT2D eigenvalue weighted by atomic mass is 10.1. The van der Waals surface area contributed by atoms with Gasteiger partial charge in [-0.15, -0.1) is 0 Å². The van der Waals surface area contributed by atoms with Crippen molar-refractivity contribution in [1.82, 2.24) is 9.55 Å². The second kappa shape index (κ2) is 7.94. The van der Waals surface area contributed by atoms with Gasteiger partial charge < -0.3 is 9.67 Å². The summed E-state index contributed by atoms with van der Waals surface area (Å²) in [6, 6.07) is 10.6. The summed E-state index contributed by atoms with van der Waals surface area (Å²) in [5, 5.41) is 9.31. The second-order valence-corrected chi connectivity index (χ2v) is 7.16. The lowest BCUT2D eigenvalue weighted by molar-refractivity contribution is 0.102. The summed E-state index contributed by atoms with van der Waals surface area (Å²) in [7, 11) is 0. The molecule has 0 unspecified atom stereocenters. The van der Waals surface area contributed by atoms with Crippen molar-refractivity contribution >= 4 is 22.8 Å². The van der Waals surface area contributed by atoms with Crippen LogP contribution in [0.2, 0.25) is 0 Å². The highest BCUT2D eigenvalue weighted by Crippen LogP contribution is 2.24. The van der Waals surface area contributed by atoms with Crippen LogP contribution >= 0.6 is 11.3 Å². The Kier molecular flexibility index (Phi) is 5.62. The van der Waals surface area contributed by atoms with Crippen molar-refractivity contribution in [3.63, 3.8) is 0 Å². The molecule has 0 aliphatic heterocycles. The molecule has 2 heterocycles. The first-order chi connectivity index (χ1) is 12.9. The normalized spacial score (nSPS) is 11.8. The molecule has 3 rings (SSSR count). The van der Waals surface area contributed by atoms with E-state index in [1.54, 1.807) is 43.3 Å². The van der Waals surface area contributed by atoms with Crippen LogP contribution in [-0.4, -0.2) is 27.0 Å². The summed E-state index contributed by atoms with van der Waals surface area (Å²) in [4.78, 5) is 21.5. The van der Waals surface area contributed by atoms with Gasteiger partial charge in [-0.3, -0.25) is 4.79 Å². The number of aryl methyl sites for hydroxylation is 1. The van der Waals surface area contributed by atoms with Gasteiger partial charge in [0.15, 0.2) is 10.6 Å². The van der Waals surface area contributed by atoms with Crippen molar-refractivity contribution in [2.24, 2.45) is 4.99 Å². The molecular formula is C20H20FN3O2S. The van der Waals surface area contributed by atoms with Gasteiger partial charge in [-0.05, 0) is 43.7 Å². The molecule has 1 N–H and O–H groups in total. The van der Waals surface area contributed by atoms with Gasteiger partial charge in [-0.25, -0.2) is 9.98 Å². The molecule has 0 bridgehead atoms. The number of aliphatic hydroxyl groups is 1. The van der Waals surface area contributed by atoms with Crippen molar-refractivity contribution in [2.75, 3.05) is 6.61 Å². The Hall–Kier alpha value is -2.64. The van der Waals surface area contributed by atoms with Crippen molar-refractivity contribution in [2.45, 2.75) is 27.3 Å². The van der Waals surface area contributed by atoms with Gasteiger partial charge in [0.25, 0.3) is 0 Å². The van der Waals surface area contributed by atoms with E-state index >= 15 is 0 Å². The van der Waals surface area contributed by atoms with Gasteiger partial charge >= 0.3 is 0 Å². The van der Waals surface area contributed by atoms with E-state index in [4.69, 9.17) is 0 Å². The number of ketones is 1. The summed E-state index contributed by atoms with van der Waals surface area (Å²) in [6.07, 6.45) is 0. The molecule has 1 aromatic carbocycles. The van der Waals surface area contributed by atoms with E-state index in [1.807, 2.05) is 11.5 Å². The van der Waals surface area contributed by atoms with E-state index in [-0.39, 0.29) is 12.4 Å². The summed E-state index contributed by atoms with van der Waals surface area (Å²) < 4.78 is 15.9. The fraction of sp³-hybridized carbons (Fsp3) is 0.250. The van der Waals surface area contributed by atoms with Crippen LogP contribution in [0.1, 0.15) is 28.0 Å². The van der Waals surface area contributed by atoms with Crippen molar-refractivity contribution in [3.05, 3.63) is 63.4 Å². The highest BCUT2D eigenvalue weighted by molar-refractivity contribution is 7.11. The zero-order valence-electron chi connectivity index (χ0n) is 15.4. The number of benzene rings is 1. The molecular weight excluding hydrogens is 365 g/mol. The van der Waals surface area contributed by atoms with E-state index in [2.05, 4.69) is 9.98 Å². The maximum absolute atomic E-state index is 14.1. The van der Waals surface area contributed by atoms with Crippen LogP contribution in [0.25, 0.3) is 11.1 Å². The van der Waals surface area contributed by atoms with Crippen LogP contribution in [0.3, 0.4) is 0 Å². The van der Waals surface area contributed by atoms with Gasteiger partial charge in [0.2, 0.25) is 5.95 Å². The Balaban J connectivity index is 2.01. The first-order valence-electron chi connectivity index (χ1n) is 8.51. The van der Waals surface area contributed by atoms with Gasteiger partial charge in [-0.1, -0.05) is 23.5 Å². The zero-order valence-corrected chi connectivity index (χ0v) is 16.2. The SMILES string of the molecule is CC(=O)c1sc(=Nc2ccc(-c3ccc(C)nc3F)cc2)n(CCO)c1C. The molecule has 0 fully saturated rings. The van der Waals surface area contributed by atoms with Crippen LogP contribution < -0.4 is 4.80 Å². The third-order valence-corrected chi connectivity index (χ3v) is 5.47. The van der Waals surface area contributed by atoms with Crippen molar-refractivity contribution in [3.8, 4) is 11.1 Å². The predicted octanol–water partition coefficient (Wildman–Crippen LogP) is 3.79. The minimum absolute atomic E-state index is 0.0247. The molecule has 5 nitrogen and oxygen atoms in total. The number of rotatable bonds is 5. The molecule has 140 valence electrons. The number of hydrogen-bond donors (Lipinski definition) is 1. The summed E-state index contributed by atoms with van der Waals surface area (Å²) in [5.41, 5.74) is 3.26. The maximum atomic E-state index is 14.1. The van der Waals surface area contributed by atoms with E-state index < -0.39 is 5.95 Å². The lowest BCUT2D eigenvalue weighted by Gasteiger charge is -2.05. The topological polar surface area (TPSA) is 67.5 Å². The van der Waals surface area contributed by atoms with E-state index in [9.17, 15) is 14.3 Å². The van der Waals surface area contributed by atoms with Crippen molar-refractivity contribution < 1.29 is 14.3 Å². The number of Topliss-reactive ketones (excluding diaryl/α,β-unsaturated/α-hetero) is 1. The van der Waals surface area contributed by atoms with Gasteiger partial charge in [0, 0.05) is 30.4 Å². The quantitative estimate of drug-likeness (QED) is 0.537. The fourth-order valence-electron chi connectivity index (χ4n) is 2.83. The summed E-state index contributed by atoms with van der Waals surface area (Å²) in [5.74, 6) is -0.524. The van der Waals surface area contributed by atoms with Crippen LogP contribution in [-0.2, 0) is 6.54 Å². The van der Waals surface area contributed by atoms with E-state index in [0.29, 0.717) is 38.7 Å². The van der Waals surface area contributed by atoms with Gasteiger partial charge in [0.05, 0.1) is 17.2 Å². The molecule has 0 aliphatic rings. The third kappa shape index (κ3) is 4.04. The number of carbonyl (C=O) groups is 1. The largest absolute Gasteiger partial charge is 0.395 e. The van der Waals surface area contributed by atoms with Crippen molar-refractivity contribution in [1.29, 1.82) is 0 Å². The summed E-state index contributed by atoms with van der Waals surface area (Å²) >= 11 is 1.30. The number of aromatic nitrogens is 2. The minimum atomic E-state index is -0.500. The Morgan fingerprint density at radius 1 is 1.22 bits per heavy atom. The van der Waals surface area contributed by atoms with Crippen LogP contribution in [0, 0.1) is 19.8 Å². The number of pyridine rings is 1. The first-order valence-corrected chi connectivity index (χ1v) is 9.32. The number of nitrogens with zero attached hydrogens (tertiary/aromatic N) is 3. The van der Waals surface area contributed by atoms with E-state index in [0.717, 1.165) is 5.69 Å². The highest BCUT2D eigenvalue weighted by Gasteiger charge is 2.13. The smallest absolute Gasteiger partial charge is 0.220 e. The van der Waals surface area contributed by atoms with Gasteiger partial charge in [-0.2, -0.15) is 4.39 Å². The molecule has 0 radical (unpaired) electrons. The fourth-order valence-corrected chi connectivity index (χ4v) is 3.90. The second-order valence-electron chi connectivity index (χ2n) is 6.18. The molecule has 0 aliphatic carbocycles. The summed E-state index contributed by atoms with van der Waals surface area (Å²) in [6.45, 7) is 5.44. The molecule has 27 heavy (non-hydrogen) atoms. The molecule has 3 aromatic rings. The molecule has 0 saturated carbocycles. The lowest BCUT2D eigenvalue weighted by Crippen LogP contribution is -2.18.